The fraction of sp³-hybridized carbons (Fsp3) is 0.600. The van der Waals surface area contributed by atoms with Crippen molar-refractivity contribution < 1.29 is 4.79 Å². The van der Waals surface area contributed by atoms with E-state index >= 15 is 0 Å². The minimum Gasteiger partial charge on any atom is -0.382 e. The standard InChI is InChI=1S/C10H17N5OS/c1-2-13-10-14-8(12)7(17-10)9(16)15-4-3-6(11)5-15/h6H,2-5,11-12H2,1H3,(H,13,14). The molecule has 1 fully saturated rings. The largest absolute Gasteiger partial charge is 0.382 e. The first-order valence-electron chi connectivity index (χ1n) is 5.66. The van der Waals surface area contributed by atoms with Crippen LogP contribution in [0.2, 0.25) is 0 Å². The quantitative estimate of drug-likeness (QED) is 0.723. The maximum Gasteiger partial charge on any atom is 0.267 e. The monoisotopic (exact) mass is 255 g/mol. The minimum absolute atomic E-state index is 0.0582. The maximum absolute atomic E-state index is 12.2. The Labute approximate surface area is 104 Å². The van der Waals surface area contributed by atoms with E-state index in [4.69, 9.17) is 11.5 Å². The highest BCUT2D eigenvalue weighted by atomic mass is 32.1. The number of hydrogen-bond donors (Lipinski definition) is 3. The number of nitrogens with zero attached hydrogens (tertiary/aromatic N) is 2. The zero-order valence-electron chi connectivity index (χ0n) is 9.77. The van der Waals surface area contributed by atoms with E-state index in [9.17, 15) is 4.79 Å². The molecule has 1 atom stereocenters. The van der Waals surface area contributed by atoms with Gasteiger partial charge >= 0.3 is 0 Å². The first-order chi connectivity index (χ1) is 8.11. The molecule has 5 N–H and O–H groups in total. The molecule has 94 valence electrons. The van der Waals surface area contributed by atoms with Crippen molar-refractivity contribution in [1.82, 2.24) is 9.88 Å². The second kappa shape index (κ2) is 4.89. The van der Waals surface area contributed by atoms with Gasteiger partial charge in [-0.1, -0.05) is 11.3 Å². The van der Waals surface area contributed by atoms with E-state index in [0.29, 0.717) is 28.9 Å². The number of amides is 1. The summed E-state index contributed by atoms with van der Waals surface area (Å²) in [7, 11) is 0. The minimum atomic E-state index is -0.0582. The molecule has 0 bridgehead atoms. The number of anilines is 2. The van der Waals surface area contributed by atoms with E-state index < -0.39 is 0 Å². The van der Waals surface area contributed by atoms with E-state index in [0.717, 1.165) is 13.0 Å². The highest BCUT2D eigenvalue weighted by Crippen LogP contribution is 2.27. The number of likely N-dealkylation sites (tertiary alicyclic amines) is 1. The van der Waals surface area contributed by atoms with E-state index in [2.05, 4.69) is 10.3 Å². The Bertz CT molecular complexity index is 419. The van der Waals surface area contributed by atoms with Crippen LogP contribution in [-0.2, 0) is 0 Å². The van der Waals surface area contributed by atoms with Crippen LogP contribution >= 0.6 is 11.3 Å². The number of nitrogens with one attached hydrogen (secondary N) is 1. The second-order valence-electron chi connectivity index (χ2n) is 4.06. The first kappa shape index (κ1) is 12.1. The van der Waals surface area contributed by atoms with Gasteiger partial charge in [0, 0.05) is 25.7 Å². The van der Waals surface area contributed by atoms with Crippen molar-refractivity contribution in [3.05, 3.63) is 4.88 Å². The molecule has 0 spiro atoms. The lowest BCUT2D eigenvalue weighted by Crippen LogP contribution is -2.31. The van der Waals surface area contributed by atoms with Gasteiger partial charge in [0.1, 0.15) is 10.7 Å². The molecule has 0 saturated carbocycles. The van der Waals surface area contributed by atoms with E-state index in [1.807, 2.05) is 6.92 Å². The highest BCUT2D eigenvalue weighted by molar-refractivity contribution is 7.18. The number of aromatic nitrogens is 1. The van der Waals surface area contributed by atoms with Gasteiger partial charge < -0.3 is 21.7 Å². The smallest absolute Gasteiger partial charge is 0.267 e. The van der Waals surface area contributed by atoms with Crippen LogP contribution in [0, 0.1) is 0 Å². The van der Waals surface area contributed by atoms with Crippen molar-refractivity contribution in [2.24, 2.45) is 5.73 Å². The average molecular weight is 255 g/mol. The van der Waals surface area contributed by atoms with Gasteiger partial charge in [0.25, 0.3) is 5.91 Å². The van der Waals surface area contributed by atoms with Gasteiger partial charge in [0.15, 0.2) is 5.13 Å². The molecule has 1 saturated heterocycles. The predicted molar refractivity (Wildman–Crippen MR) is 69.2 cm³/mol. The molecule has 0 aliphatic carbocycles. The summed E-state index contributed by atoms with van der Waals surface area (Å²) in [4.78, 5) is 18.5. The molecule has 6 nitrogen and oxygen atoms in total. The third-order valence-corrected chi connectivity index (χ3v) is 3.70. The molecule has 1 amide bonds. The molecular weight excluding hydrogens is 238 g/mol. The van der Waals surface area contributed by atoms with Crippen molar-refractivity contribution in [1.29, 1.82) is 0 Å². The summed E-state index contributed by atoms with van der Waals surface area (Å²) >= 11 is 1.30. The van der Waals surface area contributed by atoms with Crippen LogP contribution in [0.4, 0.5) is 10.9 Å². The van der Waals surface area contributed by atoms with Crippen LogP contribution in [0.5, 0.6) is 0 Å². The molecule has 2 rings (SSSR count). The van der Waals surface area contributed by atoms with Crippen LogP contribution in [-0.4, -0.2) is 41.5 Å². The molecule has 7 heteroatoms. The Morgan fingerprint density at radius 2 is 2.47 bits per heavy atom. The summed E-state index contributed by atoms with van der Waals surface area (Å²) in [6.07, 6.45) is 0.852. The molecule has 1 aliphatic rings. The fourth-order valence-corrected chi connectivity index (χ4v) is 2.75. The summed E-state index contributed by atoms with van der Waals surface area (Å²) in [5, 5.41) is 3.75. The maximum atomic E-state index is 12.2. The lowest BCUT2D eigenvalue weighted by atomic mass is 10.3. The van der Waals surface area contributed by atoms with Crippen LogP contribution in [0.25, 0.3) is 0 Å². The molecule has 1 aromatic rings. The first-order valence-corrected chi connectivity index (χ1v) is 6.48. The van der Waals surface area contributed by atoms with Crippen LogP contribution in [0.1, 0.15) is 23.0 Å². The molecule has 17 heavy (non-hydrogen) atoms. The third kappa shape index (κ3) is 2.50. The zero-order valence-corrected chi connectivity index (χ0v) is 10.6. The number of nitrogens with two attached hydrogens (primary N) is 2. The van der Waals surface area contributed by atoms with Gasteiger partial charge in [-0.15, -0.1) is 0 Å². The average Bonchev–Trinajstić information content (AvgIpc) is 2.85. The summed E-state index contributed by atoms with van der Waals surface area (Å²) < 4.78 is 0. The van der Waals surface area contributed by atoms with Crippen molar-refractivity contribution >= 4 is 28.2 Å². The van der Waals surface area contributed by atoms with Crippen molar-refractivity contribution in [2.75, 3.05) is 30.7 Å². The number of carbonyl (C=O) groups excluding carboxylic acids is 1. The van der Waals surface area contributed by atoms with Gasteiger partial charge in [-0.25, -0.2) is 4.98 Å². The van der Waals surface area contributed by atoms with Gasteiger partial charge in [-0.2, -0.15) is 0 Å². The molecule has 2 heterocycles. The zero-order chi connectivity index (χ0) is 12.4. The Morgan fingerprint density at radius 1 is 1.71 bits per heavy atom. The lowest BCUT2D eigenvalue weighted by molar-refractivity contribution is 0.0796. The molecule has 0 aromatic carbocycles. The Balaban J connectivity index is 2.13. The number of carbonyl (C=O) groups is 1. The second-order valence-corrected chi connectivity index (χ2v) is 5.06. The highest BCUT2D eigenvalue weighted by Gasteiger charge is 2.27. The summed E-state index contributed by atoms with van der Waals surface area (Å²) in [6.45, 7) is 4.04. The van der Waals surface area contributed by atoms with Crippen molar-refractivity contribution in [3.63, 3.8) is 0 Å². The van der Waals surface area contributed by atoms with Gasteiger partial charge in [0.05, 0.1) is 0 Å². The number of rotatable bonds is 3. The van der Waals surface area contributed by atoms with Crippen LogP contribution in [0.3, 0.4) is 0 Å². The predicted octanol–water partition coefficient (Wildman–Crippen LogP) is 0.330. The number of thiazole rings is 1. The third-order valence-electron chi connectivity index (χ3n) is 2.69. The van der Waals surface area contributed by atoms with Crippen LogP contribution < -0.4 is 16.8 Å². The van der Waals surface area contributed by atoms with E-state index in [1.54, 1.807) is 4.90 Å². The SMILES string of the molecule is CCNc1nc(N)c(C(=O)N2CCC(N)C2)s1. The lowest BCUT2D eigenvalue weighted by Gasteiger charge is -2.14. The number of hydrogen-bond acceptors (Lipinski definition) is 6. The van der Waals surface area contributed by atoms with Gasteiger partial charge in [-0.3, -0.25) is 4.79 Å². The summed E-state index contributed by atoms with van der Waals surface area (Å²) in [5.41, 5.74) is 11.5. The Hall–Kier alpha value is -1.34. The van der Waals surface area contributed by atoms with E-state index in [-0.39, 0.29) is 11.9 Å². The molecule has 1 unspecified atom stereocenters. The van der Waals surface area contributed by atoms with Crippen molar-refractivity contribution in [2.45, 2.75) is 19.4 Å². The summed E-state index contributed by atoms with van der Waals surface area (Å²) in [6, 6.07) is 0.0846. The van der Waals surface area contributed by atoms with Crippen molar-refractivity contribution in [3.8, 4) is 0 Å². The summed E-state index contributed by atoms with van der Waals surface area (Å²) in [5.74, 6) is 0.244. The fourth-order valence-electron chi connectivity index (χ4n) is 1.83. The Morgan fingerprint density at radius 3 is 3.06 bits per heavy atom. The normalized spacial score (nSPS) is 19.6. The Kier molecular flexibility index (Phi) is 3.49. The van der Waals surface area contributed by atoms with Crippen LogP contribution in [0.15, 0.2) is 0 Å². The molecule has 1 aromatic heterocycles. The topological polar surface area (TPSA) is 97.3 Å². The molecule has 1 aliphatic heterocycles. The molecular formula is C10H17N5OS. The molecule has 0 radical (unpaired) electrons. The van der Waals surface area contributed by atoms with Gasteiger partial charge in [0.2, 0.25) is 0 Å². The van der Waals surface area contributed by atoms with Gasteiger partial charge in [-0.05, 0) is 13.3 Å². The van der Waals surface area contributed by atoms with E-state index in [1.165, 1.54) is 11.3 Å². The number of nitrogen functional groups attached to an aromatic ring is 1.